The molecule has 0 fully saturated rings. The van der Waals surface area contributed by atoms with Crippen LogP contribution in [-0.2, 0) is 10.0 Å². The van der Waals surface area contributed by atoms with Gasteiger partial charge in [0.15, 0.2) is 11.6 Å². The van der Waals surface area contributed by atoms with Crippen molar-refractivity contribution in [3.05, 3.63) is 53.6 Å². The van der Waals surface area contributed by atoms with Gasteiger partial charge in [-0.25, -0.2) is 17.2 Å². The number of nitrogens with one attached hydrogen (secondary N) is 1. The third-order valence-electron chi connectivity index (χ3n) is 2.93. The van der Waals surface area contributed by atoms with Gasteiger partial charge in [-0.3, -0.25) is 4.72 Å². The minimum Gasteiger partial charge on any atom is -0.494 e. The van der Waals surface area contributed by atoms with Crippen LogP contribution >= 0.6 is 0 Å². The predicted molar refractivity (Wildman–Crippen MR) is 79.5 cm³/mol. The van der Waals surface area contributed by atoms with Crippen molar-refractivity contribution in [2.45, 2.75) is 18.7 Å². The zero-order valence-electron chi connectivity index (χ0n) is 12.1. The first-order valence-electron chi connectivity index (χ1n) is 6.55. The molecule has 118 valence electrons. The summed E-state index contributed by atoms with van der Waals surface area (Å²) in [7, 11) is -4.21. The highest BCUT2D eigenvalue weighted by molar-refractivity contribution is 7.92. The lowest BCUT2D eigenvalue weighted by molar-refractivity contribution is 0.338. The number of anilines is 1. The molecular weight excluding hydrogens is 312 g/mol. The number of hydrogen-bond acceptors (Lipinski definition) is 3. The van der Waals surface area contributed by atoms with E-state index in [1.807, 2.05) is 6.92 Å². The van der Waals surface area contributed by atoms with Crippen LogP contribution in [0.4, 0.5) is 14.5 Å². The van der Waals surface area contributed by atoms with Gasteiger partial charge in [-0.1, -0.05) is 6.07 Å². The summed E-state index contributed by atoms with van der Waals surface area (Å²) in [6, 6.07) is 7.65. The van der Waals surface area contributed by atoms with Crippen molar-refractivity contribution in [1.29, 1.82) is 0 Å². The molecule has 2 rings (SSSR count). The zero-order chi connectivity index (χ0) is 16.3. The second kappa shape index (κ2) is 6.31. The molecule has 2 aromatic carbocycles. The lowest BCUT2D eigenvalue weighted by Gasteiger charge is -2.12. The number of aryl methyl sites for hydroxylation is 1. The van der Waals surface area contributed by atoms with Crippen LogP contribution in [-0.4, -0.2) is 15.0 Å². The van der Waals surface area contributed by atoms with Crippen LogP contribution in [0.3, 0.4) is 0 Å². The predicted octanol–water partition coefficient (Wildman–Crippen LogP) is 3.47. The smallest absolute Gasteiger partial charge is 0.264 e. The van der Waals surface area contributed by atoms with Gasteiger partial charge >= 0.3 is 0 Å². The molecule has 0 saturated carbocycles. The number of sulfonamides is 1. The van der Waals surface area contributed by atoms with Crippen LogP contribution in [0, 0.1) is 18.6 Å². The summed E-state index contributed by atoms with van der Waals surface area (Å²) in [6.07, 6.45) is 0. The Labute approximate surface area is 127 Å². The number of halogens is 2. The third kappa shape index (κ3) is 3.36. The summed E-state index contributed by atoms with van der Waals surface area (Å²) in [6.45, 7) is 4.08. The summed E-state index contributed by atoms with van der Waals surface area (Å²) >= 11 is 0. The van der Waals surface area contributed by atoms with Crippen molar-refractivity contribution in [2.24, 2.45) is 0 Å². The van der Waals surface area contributed by atoms with Crippen LogP contribution in [0.1, 0.15) is 12.5 Å². The molecule has 0 aliphatic rings. The van der Waals surface area contributed by atoms with E-state index >= 15 is 0 Å². The Morgan fingerprint density at radius 2 is 1.91 bits per heavy atom. The van der Waals surface area contributed by atoms with Gasteiger partial charge in [0.2, 0.25) is 0 Å². The van der Waals surface area contributed by atoms with Gasteiger partial charge in [0.1, 0.15) is 10.6 Å². The SMILES string of the molecule is CCOc1ccc(NS(=O)(=O)c2cccc(F)c2F)cc1C. The van der Waals surface area contributed by atoms with Crippen molar-refractivity contribution >= 4 is 15.7 Å². The lowest BCUT2D eigenvalue weighted by atomic mass is 10.2. The molecule has 2 aromatic rings. The fourth-order valence-corrected chi connectivity index (χ4v) is 3.07. The normalized spacial score (nSPS) is 11.3. The maximum Gasteiger partial charge on any atom is 0.264 e. The Morgan fingerprint density at radius 1 is 1.18 bits per heavy atom. The quantitative estimate of drug-likeness (QED) is 0.915. The van der Waals surface area contributed by atoms with Crippen LogP contribution in [0.15, 0.2) is 41.3 Å². The van der Waals surface area contributed by atoms with Gasteiger partial charge in [-0.15, -0.1) is 0 Å². The summed E-state index contributed by atoms with van der Waals surface area (Å²) in [5.74, 6) is -1.99. The highest BCUT2D eigenvalue weighted by atomic mass is 32.2. The van der Waals surface area contributed by atoms with Crippen molar-refractivity contribution in [3.8, 4) is 5.75 Å². The highest BCUT2D eigenvalue weighted by Crippen LogP contribution is 2.25. The summed E-state index contributed by atoms with van der Waals surface area (Å²) in [5, 5.41) is 0. The lowest BCUT2D eigenvalue weighted by Crippen LogP contribution is -2.15. The molecule has 0 aromatic heterocycles. The molecule has 0 spiro atoms. The number of ether oxygens (including phenoxy) is 1. The number of benzene rings is 2. The molecule has 0 saturated heterocycles. The van der Waals surface area contributed by atoms with E-state index in [1.165, 1.54) is 6.07 Å². The number of rotatable bonds is 5. The fraction of sp³-hybridized carbons (Fsp3) is 0.200. The maximum atomic E-state index is 13.6. The Hall–Kier alpha value is -2.15. The van der Waals surface area contributed by atoms with Gasteiger partial charge in [-0.05, 0) is 49.7 Å². The first-order valence-corrected chi connectivity index (χ1v) is 8.03. The molecule has 0 heterocycles. The second-order valence-corrected chi connectivity index (χ2v) is 6.22. The Balaban J connectivity index is 2.33. The van der Waals surface area contributed by atoms with Gasteiger partial charge in [0.25, 0.3) is 10.0 Å². The molecule has 0 radical (unpaired) electrons. The molecule has 0 amide bonds. The Kier molecular flexibility index (Phi) is 4.65. The first-order chi connectivity index (χ1) is 10.3. The van der Waals surface area contributed by atoms with Crippen LogP contribution in [0.2, 0.25) is 0 Å². The second-order valence-electron chi connectivity index (χ2n) is 4.57. The highest BCUT2D eigenvalue weighted by Gasteiger charge is 2.21. The minimum absolute atomic E-state index is 0.240. The van der Waals surface area contributed by atoms with Crippen molar-refractivity contribution in [1.82, 2.24) is 0 Å². The van der Waals surface area contributed by atoms with Crippen molar-refractivity contribution in [2.75, 3.05) is 11.3 Å². The van der Waals surface area contributed by atoms with E-state index in [2.05, 4.69) is 4.72 Å². The molecule has 4 nitrogen and oxygen atoms in total. The standard InChI is InChI=1S/C15H15F2NO3S/c1-3-21-13-8-7-11(9-10(13)2)18-22(19,20)14-6-4-5-12(16)15(14)17/h4-9,18H,3H2,1-2H3. The molecule has 0 aliphatic heterocycles. The topological polar surface area (TPSA) is 55.4 Å². The largest absolute Gasteiger partial charge is 0.494 e. The van der Waals surface area contributed by atoms with E-state index in [0.29, 0.717) is 12.4 Å². The molecule has 1 N–H and O–H groups in total. The van der Waals surface area contributed by atoms with Crippen LogP contribution < -0.4 is 9.46 Å². The van der Waals surface area contributed by atoms with E-state index in [4.69, 9.17) is 4.74 Å². The zero-order valence-corrected chi connectivity index (χ0v) is 12.9. The summed E-state index contributed by atoms with van der Waals surface area (Å²) in [4.78, 5) is -0.737. The average Bonchev–Trinajstić information content (AvgIpc) is 2.44. The molecule has 0 unspecified atom stereocenters. The summed E-state index contributed by atoms with van der Waals surface area (Å²) in [5.41, 5.74) is 0.964. The van der Waals surface area contributed by atoms with E-state index < -0.39 is 26.6 Å². The van der Waals surface area contributed by atoms with E-state index in [0.717, 1.165) is 23.8 Å². The van der Waals surface area contributed by atoms with Gasteiger partial charge in [0, 0.05) is 5.69 Å². The van der Waals surface area contributed by atoms with Crippen LogP contribution in [0.25, 0.3) is 0 Å². The number of hydrogen-bond donors (Lipinski definition) is 1. The Bertz CT molecular complexity index is 791. The average molecular weight is 327 g/mol. The third-order valence-corrected chi connectivity index (χ3v) is 4.33. The summed E-state index contributed by atoms with van der Waals surface area (Å²) < 4.78 is 58.7. The van der Waals surface area contributed by atoms with E-state index in [1.54, 1.807) is 19.1 Å². The fourth-order valence-electron chi connectivity index (χ4n) is 1.93. The van der Waals surface area contributed by atoms with Crippen LogP contribution in [0.5, 0.6) is 5.75 Å². The van der Waals surface area contributed by atoms with Gasteiger partial charge in [-0.2, -0.15) is 0 Å². The molecular formula is C15H15F2NO3S. The molecule has 22 heavy (non-hydrogen) atoms. The van der Waals surface area contributed by atoms with Crippen molar-refractivity contribution < 1.29 is 21.9 Å². The molecule has 7 heteroatoms. The monoisotopic (exact) mass is 327 g/mol. The Morgan fingerprint density at radius 3 is 2.55 bits per heavy atom. The van der Waals surface area contributed by atoms with Crippen molar-refractivity contribution in [3.63, 3.8) is 0 Å². The molecule has 0 atom stereocenters. The maximum absolute atomic E-state index is 13.6. The van der Waals surface area contributed by atoms with Gasteiger partial charge < -0.3 is 4.74 Å². The molecule has 0 aliphatic carbocycles. The molecule has 0 bridgehead atoms. The van der Waals surface area contributed by atoms with Gasteiger partial charge in [0.05, 0.1) is 6.61 Å². The minimum atomic E-state index is -4.21. The van der Waals surface area contributed by atoms with E-state index in [9.17, 15) is 17.2 Å². The first kappa shape index (κ1) is 16.2. The van der Waals surface area contributed by atoms with E-state index in [-0.39, 0.29) is 5.69 Å².